The monoisotopic (exact) mass is 418 g/mol. The Hall–Kier alpha value is -1.69. The molecule has 0 spiro atoms. The van der Waals surface area contributed by atoms with Crippen molar-refractivity contribution >= 4 is 29.4 Å². The average molecular weight is 419 g/mol. The summed E-state index contributed by atoms with van der Waals surface area (Å²) >= 11 is 1.75. The first-order valence-electron chi connectivity index (χ1n) is 11.1. The molecule has 2 amide bonds. The van der Waals surface area contributed by atoms with Crippen LogP contribution in [0.4, 0.5) is 10.5 Å². The lowest BCUT2D eigenvalue weighted by Gasteiger charge is -2.35. The average Bonchev–Trinajstić information content (AvgIpc) is 3.20. The maximum atomic E-state index is 13.4. The van der Waals surface area contributed by atoms with Crippen LogP contribution in [0.25, 0.3) is 0 Å². The Morgan fingerprint density at radius 3 is 2.66 bits per heavy atom. The van der Waals surface area contributed by atoms with E-state index in [0.717, 1.165) is 43.4 Å². The van der Waals surface area contributed by atoms with Gasteiger partial charge in [-0.2, -0.15) is 0 Å². The topological polar surface area (TPSA) is 58.6 Å². The lowest BCUT2D eigenvalue weighted by molar-refractivity contribution is -0.148. The number of ether oxygens (including phenoxy) is 1. The van der Waals surface area contributed by atoms with Crippen LogP contribution >= 0.6 is 11.8 Å². The summed E-state index contributed by atoms with van der Waals surface area (Å²) < 4.78 is 5.50. The molecule has 29 heavy (non-hydrogen) atoms. The van der Waals surface area contributed by atoms with Crippen molar-refractivity contribution in [1.82, 2.24) is 4.90 Å². The molecule has 1 heterocycles. The van der Waals surface area contributed by atoms with Crippen LogP contribution in [0.3, 0.4) is 0 Å². The molecule has 1 N–H and O–H groups in total. The lowest BCUT2D eigenvalue weighted by atomic mass is 9.88. The molecule has 0 bridgehead atoms. The number of anilines is 1. The zero-order chi connectivity index (χ0) is 20.6. The highest BCUT2D eigenvalue weighted by atomic mass is 32.2. The van der Waals surface area contributed by atoms with Crippen LogP contribution in [-0.4, -0.2) is 40.7 Å². The van der Waals surface area contributed by atoms with E-state index in [0.29, 0.717) is 18.3 Å². The van der Waals surface area contributed by atoms with Crippen molar-refractivity contribution in [3.05, 3.63) is 29.8 Å². The minimum absolute atomic E-state index is 0.0489. The van der Waals surface area contributed by atoms with Gasteiger partial charge in [0.05, 0.1) is 12.0 Å². The van der Waals surface area contributed by atoms with Crippen LogP contribution < -0.4 is 5.32 Å². The molecule has 0 unspecified atom stereocenters. The van der Waals surface area contributed by atoms with Gasteiger partial charge in [0.1, 0.15) is 6.04 Å². The molecule has 1 aromatic carbocycles. The first kappa shape index (κ1) is 22.0. The fourth-order valence-electron chi connectivity index (χ4n) is 4.29. The number of carbonyl (C=O) groups excluding carboxylic acids is 2. The Bertz CT molecular complexity index is 690. The van der Waals surface area contributed by atoms with Gasteiger partial charge in [0.2, 0.25) is 0 Å². The Balaban J connectivity index is 1.78. The van der Waals surface area contributed by atoms with Crippen molar-refractivity contribution in [2.75, 3.05) is 17.7 Å². The van der Waals surface area contributed by atoms with Crippen LogP contribution in [-0.2, 0) is 16.0 Å². The fourth-order valence-corrected chi connectivity index (χ4v) is 5.92. The Morgan fingerprint density at radius 1 is 1.17 bits per heavy atom. The fraction of sp³-hybridized carbons (Fsp3) is 0.652. The molecule has 0 radical (unpaired) electrons. The van der Waals surface area contributed by atoms with Crippen LogP contribution in [0.5, 0.6) is 0 Å². The normalized spacial score (nSPS) is 22.5. The van der Waals surface area contributed by atoms with Crippen LogP contribution in [0.1, 0.15) is 64.4 Å². The number of hydrogen-bond acceptors (Lipinski definition) is 4. The summed E-state index contributed by atoms with van der Waals surface area (Å²) in [6.07, 6.45) is 8.63. The minimum atomic E-state index is -0.502. The van der Waals surface area contributed by atoms with Gasteiger partial charge in [0, 0.05) is 11.4 Å². The zero-order valence-corrected chi connectivity index (χ0v) is 18.5. The number of carbonyl (C=O) groups is 2. The summed E-state index contributed by atoms with van der Waals surface area (Å²) in [6, 6.07) is 7.20. The molecule has 2 aliphatic rings. The van der Waals surface area contributed by atoms with E-state index in [4.69, 9.17) is 4.74 Å². The summed E-state index contributed by atoms with van der Waals surface area (Å²) in [7, 11) is 0. The van der Waals surface area contributed by atoms with Crippen molar-refractivity contribution in [3.63, 3.8) is 0 Å². The van der Waals surface area contributed by atoms with Gasteiger partial charge in [-0.15, -0.1) is 11.8 Å². The number of esters is 1. The molecule has 0 aromatic heterocycles. The first-order valence-corrected chi connectivity index (χ1v) is 12.2. The molecule has 1 saturated carbocycles. The summed E-state index contributed by atoms with van der Waals surface area (Å²) in [4.78, 5) is 27.9. The number of hydrogen-bond donors (Lipinski definition) is 1. The molecule has 6 heteroatoms. The van der Waals surface area contributed by atoms with Gasteiger partial charge in [-0.05, 0) is 43.2 Å². The number of amides is 2. The zero-order valence-electron chi connectivity index (χ0n) is 17.7. The highest BCUT2D eigenvalue weighted by molar-refractivity contribution is 8.00. The third-order valence-corrected chi connectivity index (χ3v) is 7.44. The van der Waals surface area contributed by atoms with Gasteiger partial charge in [-0.25, -0.2) is 9.59 Å². The molecule has 2 fully saturated rings. The predicted octanol–water partition coefficient (Wildman–Crippen LogP) is 5.45. The Kier molecular flexibility index (Phi) is 8.28. The molecule has 5 nitrogen and oxygen atoms in total. The SMILES string of the molecule is CCCCOC(=O)[C@@H]1CS[C@H](C2CCCCC2)N1C(=O)Nc1ccccc1CC. The number of nitrogens with one attached hydrogen (secondary N) is 1. The van der Waals surface area contributed by atoms with E-state index >= 15 is 0 Å². The largest absolute Gasteiger partial charge is 0.464 e. The first-order chi connectivity index (χ1) is 14.2. The van der Waals surface area contributed by atoms with E-state index in [1.807, 2.05) is 24.3 Å². The van der Waals surface area contributed by atoms with Crippen molar-refractivity contribution in [1.29, 1.82) is 0 Å². The van der Waals surface area contributed by atoms with Crippen LogP contribution in [0.15, 0.2) is 24.3 Å². The maximum Gasteiger partial charge on any atom is 0.329 e. The second kappa shape index (κ2) is 10.9. The van der Waals surface area contributed by atoms with Crippen molar-refractivity contribution < 1.29 is 14.3 Å². The molecule has 1 aliphatic carbocycles. The van der Waals surface area contributed by atoms with E-state index in [9.17, 15) is 9.59 Å². The molecule has 2 atom stereocenters. The van der Waals surface area contributed by atoms with Crippen molar-refractivity contribution in [3.8, 4) is 0 Å². The highest BCUT2D eigenvalue weighted by Crippen LogP contribution is 2.41. The van der Waals surface area contributed by atoms with Gasteiger partial charge in [-0.1, -0.05) is 57.7 Å². The molecule has 1 aromatic rings. The molecule has 1 aliphatic heterocycles. The van der Waals surface area contributed by atoms with Crippen LogP contribution in [0, 0.1) is 5.92 Å². The lowest BCUT2D eigenvalue weighted by Crippen LogP contribution is -2.50. The van der Waals surface area contributed by atoms with Crippen molar-refractivity contribution in [2.45, 2.75) is 76.6 Å². The van der Waals surface area contributed by atoms with Gasteiger partial charge in [-0.3, -0.25) is 4.90 Å². The molecular formula is C23H34N2O3S. The number of thioether (sulfide) groups is 1. The smallest absolute Gasteiger partial charge is 0.329 e. The Labute approximate surface area is 178 Å². The maximum absolute atomic E-state index is 13.4. The second-order valence-electron chi connectivity index (χ2n) is 8.01. The van der Waals surface area contributed by atoms with E-state index in [1.54, 1.807) is 16.7 Å². The Morgan fingerprint density at radius 2 is 1.93 bits per heavy atom. The molecular weight excluding hydrogens is 384 g/mol. The van der Waals surface area contributed by atoms with Gasteiger partial charge < -0.3 is 10.1 Å². The predicted molar refractivity (Wildman–Crippen MR) is 119 cm³/mol. The van der Waals surface area contributed by atoms with Gasteiger partial charge in [0.15, 0.2) is 0 Å². The third kappa shape index (κ3) is 5.47. The number of urea groups is 1. The number of benzene rings is 1. The molecule has 1 saturated heterocycles. The quantitative estimate of drug-likeness (QED) is 0.473. The number of para-hydroxylation sites is 1. The summed E-state index contributed by atoms with van der Waals surface area (Å²) in [5.41, 5.74) is 1.93. The summed E-state index contributed by atoms with van der Waals surface area (Å²) in [6.45, 7) is 4.58. The number of unbranched alkanes of at least 4 members (excludes halogenated alkanes) is 1. The van der Waals surface area contributed by atoms with E-state index in [2.05, 4.69) is 19.2 Å². The molecule has 3 rings (SSSR count). The molecule has 160 valence electrons. The van der Waals surface area contributed by atoms with Crippen LogP contribution in [0.2, 0.25) is 0 Å². The number of aryl methyl sites for hydroxylation is 1. The van der Waals surface area contributed by atoms with E-state index in [-0.39, 0.29) is 17.4 Å². The van der Waals surface area contributed by atoms with Crippen molar-refractivity contribution in [2.24, 2.45) is 5.92 Å². The minimum Gasteiger partial charge on any atom is -0.464 e. The third-order valence-electron chi connectivity index (χ3n) is 5.98. The highest BCUT2D eigenvalue weighted by Gasteiger charge is 2.45. The number of rotatable bonds is 7. The standard InChI is InChI=1S/C23H34N2O3S/c1-3-5-15-28-22(26)20-16-29-21(18-12-7-6-8-13-18)25(20)23(27)24-19-14-10-9-11-17(19)4-2/h9-11,14,18,20-21H,3-8,12-13,15-16H2,1-2H3,(H,24,27)/t20-,21+/m0/s1. The number of nitrogens with zero attached hydrogens (tertiary/aromatic N) is 1. The summed E-state index contributed by atoms with van der Waals surface area (Å²) in [5, 5.41) is 3.14. The van der Waals surface area contributed by atoms with E-state index < -0.39 is 6.04 Å². The summed E-state index contributed by atoms with van der Waals surface area (Å²) in [5.74, 6) is 0.812. The van der Waals surface area contributed by atoms with E-state index in [1.165, 1.54) is 19.3 Å². The van der Waals surface area contributed by atoms with Gasteiger partial charge >= 0.3 is 12.0 Å². The van der Waals surface area contributed by atoms with Gasteiger partial charge in [0.25, 0.3) is 0 Å². The second-order valence-corrected chi connectivity index (χ2v) is 9.16.